The van der Waals surface area contributed by atoms with Crippen LogP contribution >= 0.6 is 24.0 Å². The number of guanidine groups is 1. The Balaban J connectivity index is 0.00000320. The van der Waals surface area contributed by atoms with Crippen LogP contribution in [-0.2, 0) is 13.0 Å². The minimum atomic E-state index is -0.0810. The second-order valence-electron chi connectivity index (χ2n) is 7.01. The van der Waals surface area contributed by atoms with Crippen LogP contribution in [0.15, 0.2) is 53.7 Å². The van der Waals surface area contributed by atoms with Crippen LogP contribution in [-0.4, -0.2) is 37.0 Å². The van der Waals surface area contributed by atoms with E-state index in [0.29, 0.717) is 12.1 Å². The molecule has 6 nitrogen and oxygen atoms in total. The minimum absolute atomic E-state index is 0. The molecule has 7 heteroatoms. The monoisotopic (exact) mass is 519 g/mol. The van der Waals surface area contributed by atoms with Crippen LogP contribution in [0.1, 0.15) is 34.0 Å². The molecule has 0 aliphatic carbocycles. The standard InChI is InChI=1S/C23H29N5O.HI/c1-4-25-23(28-14-17-6-8-18(9-7-17)22(29)24-3)26-12-11-19-15-27-21-13-16(2)5-10-20(19)21;/h5-10,13,15,27H,4,11-12,14H2,1-3H3,(H,24,29)(H2,25,26,28);1H. The molecule has 160 valence electrons. The van der Waals surface area contributed by atoms with E-state index in [0.717, 1.165) is 31.0 Å². The first-order valence-corrected chi connectivity index (χ1v) is 10.0. The highest BCUT2D eigenvalue weighted by Crippen LogP contribution is 2.19. The topological polar surface area (TPSA) is 81.3 Å². The van der Waals surface area contributed by atoms with Crippen LogP contribution in [0.25, 0.3) is 10.9 Å². The highest BCUT2D eigenvalue weighted by atomic mass is 127. The van der Waals surface area contributed by atoms with Crippen molar-refractivity contribution in [1.29, 1.82) is 0 Å². The maximum Gasteiger partial charge on any atom is 0.251 e. The molecular formula is C23H30IN5O. The Morgan fingerprint density at radius 3 is 2.57 bits per heavy atom. The number of aliphatic imine (C=N–C) groups is 1. The summed E-state index contributed by atoms with van der Waals surface area (Å²) < 4.78 is 0. The number of halogens is 1. The summed E-state index contributed by atoms with van der Waals surface area (Å²) in [5.41, 5.74) is 5.45. The van der Waals surface area contributed by atoms with Crippen LogP contribution in [0.2, 0.25) is 0 Å². The Bertz CT molecular complexity index is 995. The smallest absolute Gasteiger partial charge is 0.251 e. The van der Waals surface area contributed by atoms with Crippen molar-refractivity contribution >= 4 is 46.7 Å². The van der Waals surface area contributed by atoms with Crippen LogP contribution in [0, 0.1) is 6.92 Å². The molecule has 1 aromatic heterocycles. The normalized spacial score (nSPS) is 11.1. The predicted octanol–water partition coefficient (Wildman–Crippen LogP) is 3.75. The van der Waals surface area contributed by atoms with Gasteiger partial charge in [-0.15, -0.1) is 24.0 Å². The van der Waals surface area contributed by atoms with E-state index in [4.69, 9.17) is 0 Å². The number of aryl methyl sites for hydroxylation is 1. The number of nitrogens with zero attached hydrogens (tertiary/aromatic N) is 1. The second-order valence-corrected chi connectivity index (χ2v) is 7.01. The zero-order chi connectivity index (χ0) is 20.6. The minimum Gasteiger partial charge on any atom is -0.361 e. The van der Waals surface area contributed by atoms with E-state index in [9.17, 15) is 4.79 Å². The van der Waals surface area contributed by atoms with Crippen LogP contribution in [0.4, 0.5) is 0 Å². The molecule has 0 atom stereocenters. The Morgan fingerprint density at radius 1 is 1.10 bits per heavy atom. The fraction of sp³-hybridized carbons (Fsp3) is 0.304. The van der Waals surface area contributed by atoms with Gasteiger partial charge in [0.1, 0.15) is 0 Å². The molecule has 0 fully saturated rings. The Kier molecular flexibility index (Phi) is 9.16. The lowest BCUT2D eigenvalue weighted by Crippen LogP contribution is -2.38. The third-order valence-corrected chi connectivity index (χ3v) is 4.82. The SMILES string of the molecule is CCNC(=NCc1ccc(C(=O)NC)cc1)NCCc1c[nH]c2cc(C)ccc12.I. The summed E-state index contributed by atoms with van der Waals surface area (Å²) >= 11 is 0. The number of amides is 1. The van der Waals surface area contributed by atoms with E-state index in [1.807, 2.05) is 24.3 Å². The predicted molar refractivity (Wildman–Crippen MR) is 135 cm³/mol. The number of aromatic nitrogens is 1. The van der Waals surface area contributed by atoms with Gasteiger partial charge in [-0.25, -0.2) is 4.99 Å². The molecule has 4 N–H and O–H groups in total. The Hall–Kier alpha value is -2.55. The molecule has 1 amide bonds. The number of hydrogen-bond acceptors (Lipinski definition) is 2. The zero-order valence-corrected chi connectivity index (χ0v) is 20.0. The molecule has 3 aromatic rings. The highest BCUT2D eigenvalue weighted by Gasteiger charge is 2.05. The molecule has 0 aliphatic heterocycles. The van der Waals surface area contributed by atoms with Gasteiger partial charge in [-0.1, -0.05) is 24.3 Å². The molecule has 0 unspecified atom stereocenters. The molecule has 1 heterocycles. The number of carbonyl (C=O) groups excluding carboxylic acids is 1. The summed E-state index contributed by atoms with van der Waals surface area (Å²) in [7, 11) is 1.63. The summed E-state index contributed by atoms with van der Waals surface area (Å²) in [4.78, 5) is 19.6. The lowest BCUT2D eigenvalue weighted by Gasteiger charge is -2.11. The van der Waals surface area contributed by atoms with E-state index >= 15 is 0 Å². The van der Waals surface area contributed by atoms with Crippen molar-refractivity contribution in [2.24, 2.45) is 4.99 Å². The van der Waals surface area contributed by atoms with Gasteiger partial charge in [-0.05, 0) is 55.2 Å². The Labute approximate surface area is 195 Å². The van der Waals surface area contributed by atoms with Crippen molar-refractivity contribution in [3.05, 3.63) is 70.9 Å². The van der Waals surface area contributed by atoms with E-state index in [1.165, 1.54) is 22.0 Å². The van der Waals surface area contributed by atoms with Crippen molar-refractivity contribution in [2.75, 3.05) is 20.1 Å². The fourth-order valence-electron chi connectivity index (χ4n) is 3.24. The van der Waals surface area contributed by atoms with Crippen molar-refractivity contribution in [3.63, 3.8) is 0 Å². The molecule has 0 saturated carbocycles. The lowest BCUT2D eigenvalue weighted by molar-refractivity contribution is 0.0963. The van der Waals surface area contributed by atoms with E-state index in [2.05, 4.69) is 64.2 Å². The molecular weight excluding hydrogens is 489 g/mol. The van der Waals surface area contributed by atoms with Crippen LogP contribution in [0.5, 0.6) is 0 Å². The number of hydrogen-bond donors (Lipinski definition) is 4. The number of nitrogens with one attached hydrogen (secondary N) is 4. The largest absolute Gasteiger partial charge is 0.361 e. The van der Waals surface area contributed by atoms with Gasteiger partial charge in [0.25, 0.3) is 5.91 Å². The second kappa shape index (κ2) is 11.6. The fourth-order valence-corrected chi connectivity index (χ4v) is 3.24. The van der Waals surface area contributed by atoms with Gasteiger partial charge >= 0.3 is 0 Å². The van der Waals surface area contributed by atoms with Gasteiger partial charge in [0.2, 0.25) is 0 Å². The summed E-state index contributed by atoms with van der Waals surface area (Å²) in [5.74, 6) is 0.709. The molecule has 2 aromatic carbocycles. The number of carbonyl (C=O) groups is 1. The molecule has 0 aliphatic rings. The summed E-state index contributed by atoms with van der Waals surface area (Å²) in [6, 6.07) is 14.0. The molecule has 0 saturated heterocycles. The molecule has 0 spiro atoms. The quantitative estimate of drug-likeness (QED) is 0.218. The average molecular weight is 519 g/mol. The third kappa shape index (κ3) is 6.22. The summed E-state index contributed by atoms with van der Waals surface area (Å²) in [5, 5.41) is 10.6. The van der Waals surface area contributed by atoms with Gasteiger partial charge < -0.3 is 20.9 Å². The van der Waals surface area contributed by atoms with Gasteiger partial charge in [0.05, 0.1) is 6.54 Å². The van der Waals surface area contributed by atoms with Gasteiger partial charge in [0, 0.05) is 42.8 Å². The van der Waals surface area contributed by atoms with Gasteiger partial charge in [-0.2, -0.15) is 0 Å². The van der Waals surface area contributed by atoms with Crippen molar-refractivity contribution in [2.45, 2.75) is 26.8 Å². The number of rotatable bonds is 7. The maximum atomic E-state index is 11.6. The molecule has 3 rings (SSSR count). The number of aromatic amines is 1. The van der Waals surface area contributed by atoms with Crippen molar-refractivity contribution < 1.29 is 4.79 Å². The summed E-state index contributed by atoms with van der Waals surface area (Å²) in [6.07, 6.45) is 3.00. The zero-order valence-electron chi connectivity index (χ0n) is 17.7. The van der Waals surface area contributed by atoms with Gasteiger partial charge in [-0.3, -0.25) is 4.79 Å². The molecule has 0 radical (unpaired) electrons. The number of benzene rings is 2. The first-order valence-electron chi connectivity index (χ1n) is 10.0. The number of H-pyrrole nitrogens is 1. The van der Waals surface area contributed by atoms with Gasteiger partial charge in [0.15, 0.2) is 5.96 Å². The maximum absolute atomic E-state index is 11.6. The number of fused-ring (bicyclic) bond motifs is 1. The Morgan fingerprint density at radius 2 is 1.87 bits per heavy atom. The lowest BCUT2D eigenvalue weighted by atomic mass is 10.1. The molecule has 0 bridgehead atoms. The van der Waals surface area contributed by atoms with Crippen molar-refractivity contribution in [3.8, 4) is 0 Å². The van der Waals surface area contributed by atoms with E-state index in [1.54, 1.807) is 7.05 Å². The average Bonchev–Trinajstić information content (AvgIpc) is 3.13. The van der Waals surface area contributed by atoms with E-state index in [-0.39, 0.29) is 29.9 Å². The molecule has 30 heavy (non-hydrogen) atoms. The first kappa shape index (κ1) is 23.7. The first-order chi connectivity index (χ1) is 14.1. The third-order valence-electron chi connectivity index (χ3n) is 4.82. The van der Waals surface area contributed by atoms with E-state index < -0.39 is 0 Å². The van der Waals surface area contributed by atoms with Crippen LogP contribution in [0.3, 0.4) is 0 Å². The van der Waals surface area contributed by atoms with Crippen molar-refractivity contribution in [1.82, 2.24) is 20.9 Å². The highest BCUT2D eigenvalue weighted by molar-refractivity contribution is 14.0. The summed E-state index contributed by atoms with van der Waals surface area (Å²) in [6.45, 7) is 6.30. The van der Waals surface area contributed by atoms with Crippen LogP contribution < -0.4 is 16.0 Å².